The zero-order chi connectivity index (χ0) is 22.1. The fourth-order valence-corrected chi connectivity index (χ4v) is 3.26. The number of nitrogens with zero attached hydrogens (tertiary/aromatic N) is 2. The van der Waals surface area contributed by atoms with Crippen LogP contribution >= 0.6 is 0 Å². The Morgan fingerprint density at radius 2 is 1.77 bits per heavy atom. The molecule has 0 spiro atoms. The average Bonchev–Trinajstić information content (AvgIpc) is 3.11. The van der Waals surface area contributed by atoms with Crippen LogP contribution < -0.4 is 26.1 Å². The van der Waals surface area contributed by atoms with Gasteiger partial charge in [0.2, 0.25) is 0 Å². The molecule has 0 atom stereocenters. The number of rotatable bonds is 4. The van der Waals surface area contributed by atoms with Crippen molar-refractivity contribution < 1.29 is 12.7 Å². The first-order valence-corrected chi connectivity index (χ1v) is 10.8. The summed E-state index contributed by atoms with van der Waals surface area (Å²) < 4.78 is 28.8. The maximum atomic E-state index is 13.0. The molecule has 0 aliphatic carbocycles. The van der Waals surface area contributed by atoms with Crippen LogP contribution in [0.1, 0.15) is 37.7 Å². The number of hydrogen-bond acceptors (Lipinski definition) is 6. The normalized spacial score (nSPS) is 13.6. The quantitative estimate of drug-likeness (QED) is 0.580. The lowest BCUT2D eigenvalue weighted by atomic mass is 9.90. The summed E-state index contributed by atoms with van der Waals surface area (Å²) >= 11 is 0. The molecule has 10 heteroatoms. The van der Waals surface area contributed by atoms with Gasteiger partial charge in [0, 0.05) is 11.1 Å². The largest absolute Gasteiger partial charge is 0.348 e. The monoisotopic (exact) mass is 430 g/mol. The van der Waals surface area contributed by atoms with Crippen LogP contribution in [0.15, 0.2) is 46.2 Å². The Labute approximate surface area is 172 Å². The smallest absolute Gasteiger partial charge is 0.324 e. The van der Waals surface area contributed by atoms with E-state index in [2.05, 4.69) is 15.0 Å². The standard InChI is InChI=1S/C20H22N4O5S/c1-20(2,3)17-14(21-12-22-17)11-15-19(26)24(29-30(4,27)28)16(18(25)23-15)10-13-8-6-5-7-9-13/h5-12H,1-4H3,(H,21,22)(H,23,25)/b15-11-,16-10-. The van der Waals surface area contributed by atoms with Gasteiger partial charge in [-0.05, 0) is 17.7 Å². The van der Waals surface area contributed by atoms with E-state index in [1.807, 2.05) is 20.8 Å². The van der Waals surface area contributed by atoms with E-state index in [4.69, 9.17) is 4.28 Å². The van der Waals surface area contributed by atoms with Crippen LogP contribution in [0.2, 0.25) is 0 Å². The lowest BCUT2D eigenvalue weighted by Gasteiger charge is -2.16. The highest BCUT2D eigenvalue weighted by atomic mass is 32.2. The molecule has 0 saturated heterocycles. The summed E-state index contributed by atoms with van der Waals surface area (Å²) in [5, 5.41) is -0.418. The minimum atomic E-state index is -4.09. The highest BCUT2D eigenvalue weighted by Crippen LogP contribution is 2.22. The number of hydrogen-bond donors (Lipinski definition) is 2. The van der Waals surface area contributed by atoms with Crippen molar-refractivity contribution in [2.75, 3.05) is 6.26 Å². The molecule has 2 aromatic heterocycles. The van der Waals surface area contributed by atoms with Gasteiger partial charge in [-0.15, -0.1) is 4.73 Å². The van der Waals surface area contributed by atoms with Crippen molar-refractivity contribution in [2.45, 2.75) is 26.2 Å². The molecule has 0 saturated carbocycles. The molecule has 3 aromatic rings. The van der Waals surface area contributed by atoms with Crippen LogP contribution in [0.3, 0.4) is 0 Å². The summed E-state index contributed by atoms with van der Waals surface area (Å²) in [7, 11) is -4.09. The van der Waals surface area contributed by atoms with Crippen LogP contribution in [0, 0.1) is 0 Å². The Morgan fingerprint density at radius 1 is 1.10 bits per heavy atom. The molecule has 9 nitrogen and oxygen atoms in total. The maximum Gasteiger partial charge on any atom is 0.324 e. The summed E-state index contributed by atoms with van der Waals surface area (Å²) in [6.07, 6.45) is 5.02. The van der Waals surface area contributed by atoms with Crippen LogP contribution in [-0.2, 0) is 15.5 Å². The van der Waals surface area contributed by atoms with Crippen LogP contribution in [0.4, 0.5) is 0 Å². The molecular formula is C20H22N4O5S. The topological polar surface area (TPSA) is 127 Å². The van der Waals surface area contributed by atoms with Crippen molar-refractivity contribution >= 4 is 22.3 Å². The number of H-pyrrole nitrogens is 2. The van der Waals surface area contributed by atoms with Crippen molar-refractivity contribution in [1.29, 1.82) is 0 Å². The minimum absolute atomic E-state index is 0.161. The Hall–Kier alpha value is -3.40. The zero-order valence-electron chi connectivity index (χ0n) is 17.0. The predicted molar refractivity (Wildman–Crippen MR) is 113 cm³/mol. The molecule has 2 heterocycles. The molecule has 0 aliphatic heterocycles. The van der Waals surface area contributed by atoms with Crippen LogP contribution in [-0.4, -0.2) is 34.4 Å². The Morgan fingerprint density at radius 3 is 2.37 bits per heavy atom. The number of aromatic amines is 2. The average molecular weight is 430 g/mol. The van der Waals surface area contributed by atoms with Crippen LogP contribution in [0.25, 0.3) is 12.2 Å². The summed E-state index contributed by atoms with van der Waals surface area (Å²) in [4.78, 5) is 35.5. The number of benzene rings is 1. The summed E-state index contributed by atoms with van der Waals surface area (Å²) in [6.45, 7) is 5.89. The van der Waals surface area contributed by atoms with Crippen molar-refractivity contribution in [3.63, 3.8) is 0 Å². The lowest BCUT2D eigenvalue weighted by molar-refractivity contribution is 0.256. The molecule has 0 radical (unpaired) electrons. The third-order valence-electron chi connectivity index (χ3n) is 4.13. The number of nitrogens with one attached hydrogen (secondary N) is 2. The highest BCUT2D eigenvalue weighted by Gasteiger charge is 2.20. The van der Waals surface area contributed by atoms with E-state index in [1.54, 1.807) is 30.3 Å². The first kappa shape index (κ1) is 21.3. The van der Waals surface area contributed by atoms with E-state index in [1.165, 1.54) is 18.5 Å². The fraction of sp³-hybridized carbons (Fsp3) is 0.250. The second-order valence-corrected chi connectivity index (χ2v) is 9.30. The summed E-state index contributed by atoms with van der Waals surface area (Å²) in [5.41, 5.74) is -0.0517. The van der Waals surface area contributed by atoms with Gasteiger partial charge in [0.1, 0.15) is 5.35 Å². The van der Waals surface area contributed by atoms with Gasteiger partial charge in [-0.2, -0.15) is 8.42 Å². The second kappa shape index (κ2) is 7.79. The molecule has 0 aliphatic rings. The van der Waals surface area contributed by atoms with E-state index in [0.717, 1.165) is 11.9 Å². The molecule has 0 amide bonds. The summed E-state index contributed by atoms with van der Waals surface area (Å²) in [6, 6.07) is 8.68. The highest BCUT2D eigenvalue weighted by molar-refractivity contribution is 7.86. The van der Waals surface area contributed by atoms with E-state index >= 15 is 0 Å². The second-order valence-electron chi connectivity index (χ2n) is 7.74. The molecule has 1 aromatic carbocycles. The van der Waals surface area contributed by atoms with Gasteiger partial charge >= 0.3 is 15.7 Å². The van der Waals surface area contributed by atoms with E-state index in [-0.39, 0.29) is 16.1 Å². The summed E-state index contributed by atoms with van der Waals surface area (Å²) in [5.74, 6) is 0. The van der Waals surface area contributed by atoms with Gasteiger partial charge < -0.3 is 9.97 Å². The molecule has 0 unspecified atom stereocenters. The minimum Gasteiger partial charge on any atom is -0.348 e. The van der Waals surface area contributed by atoms with E-state index < -0.39 is 21.2 Å². The predicted octanol–water partition coefficient (Wildman–Crippen LogP) is -0.397. The van der Waals surface area contributed by atoms with E-state index in [9.17, 15) is 18.0 Å². The number of imidazole rings is 1. The van der Waals surface area contributed by atoms with Crippen molar-refractivity contribution in [2.24, 2.45) is 0 Å². The molecule has 158 valence electrons. The maximum absolute atomic E-state index is 13.0. The molecule has 0 bridgehead atoms. The fourth-order valence-electron chi connectivity index (χ4n) is 2.84. The third kappa shape index (κ3) is 4.77. The Bertz CT molecular complexity index is 1410. The van der Waals surface area contributed by atoms with Crippen molar-refractivity contribution in [1.82, 2.24) is 19.7 Å². The molecule has 30 heavy (non-hydrogen) atoms. The number of aromatic nitrogens is 4. The van der Waals surface area contributed by atoms with Crippen molar-refractivity contribution in [3.8, 4) is 0 Å². The van der Waals surface area contributed by atoms with E-state index in [0.29, 0.717) is 16.0 Å². The van der Waals surface area contributed by atoms with Crippen LogP contribution in [0.5, 0.6) is 0 Å². The SMILES string of the molecule is CC(C)(C)c1[nH]cnc1/C=c1\[nH]c(=O)/c(=C/c2ccccc2)n(OS(C)(=O)=O)c1=O. The van der Waals surface area contributed by atoms with Gasteiger partial charge in [-0.25, -0.2) is 4.98 Å². The van der Waals surface area contributed by atoms with Gasteiger partial charge in [0.25, 0.3) is 5.56 Å². The zero-order valence-corrected chi connectivity index (χ0v) is 17.8. The molecular weight excluding hydrogens is 408 g/mol. The van der Waals surface area contributed by atoms with Crippen molar-refractivity contribution in [3.05, 3.63) is 85.0 Å². The third-order valence-corrected chi connectivity index (χ3v) is 4.55. The first-order valence-electron chi connectivity index (χ1n) is 9.03. The molecule has 0 fully saturated rings. The van der Waals surface area contributed by atoms with Gasteiger partial charge in [-0.3, -0.25) is 13.9 Å². The van der Waals surface area contributed by atoms with Gasteiger partial charge in [0.15, 0.2) is 5.35 Å². The molecule has 3 rings (SSSR count). The van der Waals surface area contributed by atoms with Gasteiger partial charge in [0.05, 0.1) is 18.3 Å². The first-order chi connectivity index (χ1) is 14.0. The lowest BCUT2D eigenvalue weighted by Crippen LogP contribution is -2.56. The Kier molecular flexibility index (Phi) is 5.53. The Balaban J connectivity index is 2.35. The molecule has 2 N–H and O–H groups in total. The van der Waals surface area contributed by atoms with Gasteiger partial charge in [-0.1, -0.05) is 51.1 Å².